The summed E-state index contributed by atoms with van der Waals surface area (Å²) in [6, 6.07) is 4.12. The Morgan fingerprint density at radius 2 is 1.53 bits per heavy atom. The molecule has 1 aromatic heterocycles. The summed E-state index contributed by atoms with van der Waals surface area (Å²) in [5.41, 5.74) is 3.36. The summed E-state index contributed by atoms with van der Waals surface area (Å²) >= 11 is 0. The van der Waals surface area contributed by atoms with Gasteiger partial charge in [0.05, 0.1) is 5.69 Å². The van der Waals surface area contributed by atoms with Gasteiger partial charge in [-0.05, 0) is 38.8 Å². The van der Waals surface area contributed by atoms with Crippen LogP contribution in [0.2, 0.25) is 0 Å². The fourth-order valence-electron chi connectivity index (χ4n) is 1.89. The summed E-state index contributed by atoms with van der Waals surface area (Å²) in [5.74, 6) is 0. The Labute approximate surface area is 102 Å². The van der Waals surface area contributed by atoms with Crippen molar-refractivity contribution in [2.24, 2.45) is 0 Å². The van der Waals surface area contributed by atoms with E-state index in [1.165, 1.54) is 0 Å². The molecule has 0 unspecified atom stereocenters. The first kappa shape index (κ1) is 13.0. The number of rotatable bonds is 3. The molecule has 1 heterocycles. The van der Waals surface area contributed by atoms with Crippen molar-refractivity contribution in [1.82, 2.24) is 4.98 Å². The fraction of sp³-hybridized carbons (Fsp3) is 0.462. The molecule has 88 valence electrons. The summed E-state index contributed by atoms with van der Waals surface area (Å²) in [5, 5.41) is 18.1. The van der Waals surface area contributed by atoms with Crippen LogP contribution in [0.15, 0.2) is 0 Å². The quantitative estimate of drug-likeness (QED) is 0.796. The lowest BCUT2D eigenvalue weighted by atomic mass is 10.0. The van der Waals surface area contributed by atoms with E-state index >= 15 is 0 Å². The molecule has 1 aromatic rings. The number of nitriles is 2. The van der Waals surface area contributed by atoms with Gasteiger partial charge in [0.2, 0.25) is 0 Å². The van der Waals surface area contributed by atoms with Crippen LogP contribution in [-0.2, 0) is 0 Å². The zero-order valence-corrected chi connectivity index (χ0v) is 10.7. The first-order valence-corrected chi connectivity index (χ1v) is 5.66. The average molecular weight is 228 g/mol. The zero-order valence-electron chi connectivity index (χ0n) is 10.7. The molecule has 0 radical (unpaired) electrons. The maximum absolute atomic E-state index is 9.15. The maximum atomic E-state index is 9.15. The fourth-order valence-corrected chi connectivity index (χ4v) is 1.89. The second-order valence-electron chi connectivity index (χ2n) is 3.80. The number of aromatic nitrogens is 1. The second kappa shape index (κ2) is 5.32. The molecular weight excluding hydrogens is 212 g/mol. The third-order valence-electron chi connectivity index (χ3n) is 3.01. The molecule has 0 N–H and O–H groups in total. The van der Waals surface area contributed by atoms with Gasteiger partial charge in [0, 0.05) is 13.1 Å². The Bertz CT molecular complexity index is 502. The van der Waals surface area contributed by atoms with E-state index in [4.69, 9.17) is 10.5 Å². The van der Waals surface area contributed by atoms with E-state index in [2.05, 4.69) is 16.0 Å². The molecule has 4 nitrogen and oxygen atoms in total. The number of hydrogen-bond acceptors (Lipinski definition) is 4. The molecule has 0 spiro atoms. The van der Waals surface area contributed by atoms with Crippen LogP contribution in [0, 0.1) is 36.5 Å². The molecule has 4 heteroatoms. The Kier molecular flexibility index (Phi) is 4.06. The van der Waals surface area contributed by atoms with Crippen molar-refractivity contribution in [2.75, 3.05) is 18.0 Å². The van der Waals surface area contributed by atoms with Gasteiger partial charge < -0.3 is 4.90 Å². The van der Waals surface area contributed by atoms with E-state index < -0.39 is 0 Å². The third kappa shape index (κ3) is 2.21. The average Bonchev–Trinajstić information content (AvgIpc) is 2.36. The standard InChI is InChI=1S/C13H16N4/c1-5-17(6-2)13-10(4)9(3)11(7-14)16-12(13)8-15/h5-6H2,1-4H3. The highest BCUT2D eigenvalue weighted by molar-refractivity contribution is 5.65. The van der Waals surface area contributed by atoms with Crippen molar-refractivity contribution in [3.63, 3.8) is 0 Å². The smallest absolute Gasteiger partial charge is 0.165 e. The normalized spacial score (nSPS) is 9.53. The van der Waals surface area contributed by atoms with E-state index in [-0.39, 0.29) is 0 Å². The van der Waals surface area contributed by atoms with Crippen molar-refractivity contribution in [3.05, 3.63) is 22.5 Å². The van der Waals surface area contributed by atoms with E-state index in [1.54, 1.807) is 0 Å². The molecule has 0 aromatic carbocycles. The lowest BCUT2D eigenvalue weighted by molar-refractivity contribution is 0.851. The Hall–Kier alpha value is -2.07. The molecule has 0 saturated heterocycles. The van der Waals surface area contributed by atoms with Crippen molar-refractivity contribution in [2.45, 2.75) is 27.7 Å². The van der Waals surface area contributed by atoms with Crippen LogP contribution in [0.3, 0.4) is 0 Å². The molecule has 0 aliphatic rings. The van der Waals surface area contributed by atoms with Crippen molar-refractivity contribution in [3.8, 4) is 12.1 Å². The van der Waals surface area contributed by atoms with E-state index in [0.717, 1.165) is 29.9 Å². The van der Waals surface area contributed by atoms with Crippen LogP contribution < -0.4 is 4.90 Å². The number of hydrogen-bond donors (Lipinski definition) is 0. The molecule has 0 atom stereocenters. The van der Waals surface area contributed by atoms with Gasteiger partial charge in [0.15, 0.2) is 5.69 Å². The predicted molar refractivity (Wildman–Crippen MR) is 66.7 cm³/mol. The van der Waals surface area contributed by atoms with Gasteiger partial charge in [0.25, 0.3) is 0 Å². The molecule has 0 amide bonds. The van der Waals surface area contributed by atoms with Gasteiger partial charge in [-0.15, -0.1) is 0 Å². The summed E-state index contributed by atoms with van der Waals surface area (Å²) in [4.78, 5) is 6.22. The van der Waals surface area contributed by atoms with Gasteiger partial charge in [-0.3, -0.25) is 0 Å². The molecular formula is C13H16N4. The highest BCUT2D eigenvalue weighted by Crippen LogP contribution is 2.27. The summed E-state index contributed by atoms with van der Waals surface area (Å²) in [7, 11) is 0. The van der Waals surface area contributed by atoms with Gasteiger partial charge in [0.1, 0.15) is 17.8 Å². The van der Waals surface area contributed by atoms with Crippen molar-refractivity contribution >= 4 is 5.69 Å². The lowest BCUT2D eigenvalue weighted by Gasteiger charge is -2.24. The van der Waals surface area contributed by atoms with E-state index in [9.17, 15) is 0 Å². The van der Waals surface area contributed by atoms with Crippen LogP contribution in [0.25, 0.3) is 0 Å². The molecule has 0 saturated carbocycles. The van der Waals surface area contributed by atoms with Crippen LogP contribution in [0.5, 0.6) is 0 Å². The molecule has 0 aliphatic heterocycles. The minimum absolute atomic E-state index is 0.341. The van der Waals surface area contributed by atoms with Crippen LogP contribution >= 0.6 is 0 Å². The summed E-state index contributed by atoms with van der Waals surface area (Å²) in [6.45, 7) is 9.52. The van der Waals surface area contributed by atoms with Crippen molar-refractivity contribution in [1.29, 1.82) is 10.5 Å². The third-order valence-corrected chi connectivity index (χ3v) is 3.01. The van der Waals surface area contributed by atoms with Gasteiger partial charge in [-0.2, -0.15) is 10.5 Å². The van der Waals surface area contributed by atoms with Gasteiger partial charge >= 0.3 is 0 Å². The van der Waals surface area contributed by atoms with Crippen molar-refractivity contribution < 1.29 is 0 Å². The Morgan fingerprint density at radius 3 is 1.94 bits per heavy atom. The molecule has 17 heavy (non-hydrogen) atoms. The molecule has 0 aliphatic carbocycles. The summed E-state index contributed by atoms with van der Waals surface area (Å²) in [6.07, 6.45) is 0. The van der Waals surface area contributed by atoms with Crippen LogP contribution in [0.1, 0.15) is 36.4 Å². The van der Waals surface area contributed by atoms with E-state index in [0.29, 0.717) is 11.4 Å². The second-order valence-corrected chi connectivity index (χ2v) is 3.80. The minimum Gasteiger partial charge on any atom is -0.370 e. The molecule has 0 bridgehead atoms. The number of pyridine rings is 1. The maximum Gasteiger partial charge on any atom is 0.165 e. The topological polar surface area (TPSA) is 63.7 Å². The molecule has 1 rings (SSSR count). The highest BCUT2D eigenvalue weighted by atomic mass is 15.1. The number of nitrogens with zero attached hydrogens (tertiary/aromatic N) is 4. The minimum atomic E-state index is 0.341. The SMILES string of the molecule is CCN(CC)c1c(C#N)nc(C#N)c(C)c1C. The Morgan fingerprint density at radius 1 is 1.00 bits per heavy atom. The van der Waals surface area contributed by atoms with Crippen LogP contribution in [0.4, 0.5) is 5.69 Å². The zero-order chi connectivity index (χ0) is 13.0. The number of anilines is 1. The first-order valence-electron chi connectivity index (χ1n) is 5.66. The van der Waals surface area contributed by atoms with E-state index in [1.807, 2.05) is 33.8 Å². The summed E-state index contributed by atoms with van der Waals surface area (Å²) < 4.78 is 0. The lowest BCUT2D eigenvalue weighted by Crippen LogP contribution is -2.25. The Balaban J connectivity index is 3.56. The molecule has 0 fully saturated rings. The predicted octanol–water partition coefficient (Wildman–Crippen LogP) is 2.29. The van der Waals surface area contributed by atoms with Gasteiger partial charge in [-0.25, -0.2) is 4.98 Å². The monoisotopic (exact) mass is 228 g/mol. The van der Waals surface area contributed by atoms with Gasteiger partial charge in [-0.1, -0.05) is 0 Å². The van der Waals surface area contributed by atoms with Crippen LogP contribution in [-0.4, -0.2) is 18.1 Å². The first-order chi connectivity index (χ1) is 8.10. The largest absolute Gasteiger partial charge is 0.370 e. The highest BCUT2D eigenvalue weighted by Gasteiger charge is 2.17.